The van der Waals surface area contributed by atoms with Gasteiger partial charge in [-0.05, 0) is 60.7 Å². The second-order valence-corrected chi connectivity index (χ2v) is 7.99. The second kappa shape index (κ2) is 10.2. The van der Waals surface area contributed by atoms with Gasteiger partial charge < -0.3 is 15.1 Å². The number of nitrogens with zero attached hydrogens (tertiary/aromatic N) is 2. The Morgan fingerprint density at radius 3 is 2.12 bits per heavy atom. The molecule has 0 bridgehead atoms. The molecule has 3 aromatic carbocycles. The SMILES string of the molecule is O=C(NC(=S)Nc1ccc(N2CCN(C(=O)c3ccccc3)CC2)cc1)c1ccccc1F. The molecule has 0 spiro atoms. The van der Waals surface area contributed by atoms with E-state index >= 15 is 0 Å². The van der Waals surface area contributed by atoms with Crippen molar-refractivity contribution in [2.24, 2.45) is 0 Å². The van der Waals surface area contributed by atoms with Crippen LogP contribution in [0.3, 0.4) is 0 Å². The third-order valence-electron chi connectivity index (χ3n) is 5.42. The molecule has 0 unspecified atom stereocenters. The average molecular weight is 463 g/mol. The Bertz CT molecular complexity index is 1150. The highest BCUT2D eigenvalue weighted by atomic mass is 32.1. The fraction of sp³-hybridized carbons (Fsp3) is 0.160. The van der Waals surface area contributed by atoms with Crippen LogP contribution in [0.1, 0.15) is 20.7 Å². The number of hydrogen-bond acceptors (Lipinski definition) is 4. The molecule has 3 aromatic rings. The first kappa shape index (κ1) is 22.4. The summed E-state index contributed by atoms with van der Waals surface area (Å²) >= 11 is 5.18. The standard InChI is InChI=1S/C25H23FN4O2S/c26-22-9-5-4-8-21(22)23(31)28-25(33)27-19-10-12-20(13-11-19)29-14-16-30(17-15-29)24(32)18-6-2-1-3-7-18/h1-13H,14-17H2,(H2,27,28,31,33). The molecule has 4 rings (SSSR count). The molecule has 1 saturated heterocycles. The molecule has 2 amide bonds. The van der Waals surface area contributed by atoms with Gasteiger partial charge in [0.2, 0.25) is 0 Å². The molecule has 33 heavy (non-hydrogen) atoms. The molecule has 0 aromatic heterocycles. The lowest BCUT2D eigenvalue weighted by molar-refractivity contribution is 0.0746. The minimum atomic E-state index is -0.606. The number of halogens is 1. The quantitative estimate of drug-likeness (QED) is 0.576. The van der Waals surface area contributed by atoms with E-state index in [-0.39, 0.29) is 16.6 Å². The van der Waals surface area contributed by atoms with Crippen LogP contribution in [0.2, 0.25) is 0 Å². The van der Waals surface area contributed by atoms with Gasteiger partial charge >= 0.3 is 0 Å². The molecular formula is C25H23FN4O2S. The van der Waals surface area contributed by atoms with Crippen LogP contribution in [0.25, 0.3) is 0 Å². The van der Waals surface area contributed by atoms with E-state index in [1.807, 2.05) is 59.5 Å². The lowest BCUT2D eigenvalue weighted by Crippen LogP contribution is -2.48. The highest BCUT2D eigenvalue weighted by molar-refractivity contribution is 7.80. The molecule has 0 saturated carbocycles. The number of hydrogen-bond donors (Lipinski definition) is 2. The van der Waals surface area contributed by atoms with Gasteiger partial charge in [0.05, 0.1) is 5.56 Å². The summed E-state index contributed by atoms with van der Waals surface area (Å²) in [6.45, 7) is 2.78. The Morgan fingerprint density at radius 1 is 0.818 bits per heavy atom. The van der Waals surface area contributed by atoms with Gasteiger partial charge in [-0.25, -0.2) is 4.39 Å². The maximum absolute atomic E-state index is 13.7. The maximum atomic E-state index is 13.7. The molecule has 6 nitrogen and oxygen atoms in total. The maximum Gasteiger partial charge on any atom is 0.260 e. The van der Waals surface area contributed by atoms with Crippen molar-refractivity contribution in [3.05, 3.63) is 95.8 Å². The molecule has 1 aliphatic rings. The van der Waals surface area contributed by atoms with E-state index in [0.29, 0.717) is 24.3 Å². The Balaban J connectivity index is 1.29. The van der Waals surface area contributed by atoms with E-state index < -0.39 is 11.7 Å². The number of benzene rings is 3. The van der Waals surface area contributed by atoms with Gasteiger partial charge in [-0.3, -0.25) is 14.9 Å². The first-order valence-corrected chi connectivity index (χ1v) is 11.0. The van der Waals surface area contributed by atoms with Crippen molar-refractivity contribution in [2.75, 3.05) is 36.4 Å². The highest BCUT2D eigenvalue weighted by Crippen LogP contribution is 2.20. The van der Waals surface area contributed by atoms with E-state index in [4.69, 9.17) is 12.2 Å². The van der Waals surface area contributed by atoms with Crippen molar-refractivity contribution in [2.45, 2.75) is 0 Å². The third kappa shape index (κ3) is 5.53. The second-order valence-electron chi connectivity index (χ2n) is 7.58. The van der Waals surface area contributed by atoms with Crippen molar-refractivity contribution >= 4 is 40.5 Å². The number of thiocarbonyl (C=S) groups is 1. The molecule has 2 N–H and O–H groups in total. The van der Waals surface area contributed by atoms with Crippen molar-refractivity contribution in [1.82, 2.24) is 10.2 Å². The molecule has 0 radical (unpaired) electrons. The van der Waals surface area contributed by atoms with Crippen LogP contribution in [-0.2, 0) is 0 Å². The normalized spacial score (nSPS) is 13.4. The van der Waals surface area contributed by atoms with Gasteiger partial charge in [0.25, 0.3) is 11.8 Å². The Kier molecular flexibility index (Phi) is 6.95. The van der Waals surface area contributed by atoms with Crippen LogP contribution in [0, 0.1) is 5.82 Å². The minimum absolute atomic E-state index is 0.0562. The first-order chi connectivity index (χ1) is 16.0. The monoisotopic (exact) mass is 462 g/mol. The average Bonchev–Trinajstić information content (AvgIpc) is 2.85. The molecular weight excluding hydrogens is 439 g/mol. The van der Waals surface area contributed by atoms with Gasteiger partial charge in [-0.2, -0.15) is 0 Å². The van der Waals surface area contributed by atoms with Gasteiger partial charge in [0.1, 0.15) is 5.82 Å². The predicted octanol–water partition coefficient (Wildman–Crippen LogP) is 3.91. The minimum Gasteiger partial charge on any atom is -0.368 e. The van der Waals surface area contributed by atoms with Crippen LogP contribution in [0.5, 0.6) is 0 Å². The Morgan fingerprint density at radius 2 is 1.45 bits per heavy atom. The molecule has 0 aliphatic carbocycles. The lowest BCUT2D eigenvalue weighted by Gasteiger charge is -2.36. The molecule has 8 heteroatoms. The lowest BCUT2D eigenvalue weighted by atomic mass is 10.1. The van der Waals surface area contributed by atoms with Crippen molar-refractivity contribution in [3.63, 3.8) is 0 Å². The highest BCUT2D eigenvalue weighted by Gasteiger charge is 2.22. The zero-order valence-corrected chi connectivity index (χ0v) is 18.6. The van der Waals surface area contributed by atoms with Crippen molar-refractivity contribution in [1.29, 1.82) is 0 Å². The predicted molar refractivity (Wildman–Crippen MR) is 131 cm³/mol. The summed E-state index contributed by atoms with van der Waals surface area (Å²) in [4.78, 5) is 28.9. The summed E-state index contributed by atoms with van der Waals surface area (Å²) in [7, 11) is 0. The fourth-order valence-electron chi connectivity index (χ4n) is 3.66. The van der Waals surface area contributed by atoms with E-state index in [2.05, 4.69) is 15.5 Å². The largest absolute Gasteiger partial charge is 0.368 e. The van der Waals surface area contributed by atoms with Crippen molar-refractivity contribution < 1.29 is 14.0 Å². The summed E-state index contributed by atoms with van der Waals surface area (Å²) in [6.07, 6.45) is 0. The summed E-state index contributed by atoms with van der Waals surface area (Å²) in [5.41, 5.74) is 2.38. The number of carbonyl (C=O) groups excluding carboxylic acids is 2. The molecule has 0 atom stereocenters. The number of rotatable bonds is 4. The summed E-state index contributed by atoms with van der Waals surface area (Å²) in [5.74, 6) is -1.15. The van der Waals surface area contributed by atoms with E-state index in [9.17, 15) is 14.0 Å². The molecule has 1 fully saturated rings. The fourth-order valence-corrected chi connectivity index (χ4v) is 3.88. The van der Waals surface area contributed by atoms with Crippen LogP contribution < -0.4 is 15.5 Å². The number of anilines is 2. The molecule has 1 aliphatic heterocycles. The topological polar surface area (TPSA) is 64.7 Å². The summed E-state index contributed by atoms with van der Waals surface area (Å²) < 4.78 is 13.7. The van der Waals surface area contributed by atoms with Gasteiger partial charge in [-0.1, -0.05) is 30.3 Å². The number of piperazine rings is 1. The zero-order chi connectivity index (χ0) is 23.2. The van der Waals surface area contributed by atoms with Crippen LogP contribution in [0.15, 0.2) is 78.9 Å². The Labute approximate surface area is 197 Å². The number of amides is 2. The van der Waals surface area contributed by atoms with Crippen molar-refractivity contribution in [3.8, 4) is 0 Å². The summed E-state index contributed by atoms with van der Waals surface area (Å²) in [6, 6.07) is 22.7. The van der Waals surface area contributed by atoms with Crippen LogP contribution in [-0.4, -0.2) is 48.0 Å². The van der Waals surface area contributed by atoms with Gasteiger partial charge in [-0.15, -0.1) is 0 Å². The van der Waals surface area contributed by atoms with E-state index in [0.717, 1.165) is 18.8 Å². The summed E-state index contributed by atoms with van der Waals surface area (Å²) in [5, 5.41) is 5.51. The van der Waals surface area contributed by atoms with Gasteiger partial charge in [0, 0.05) is 43.1 Å². The number of nitrogens with one attached hydrogen (secondary N) is 2. The van der Waals surface area contributed by atoms with Gasteiger partial charge in [0.15, 0.2) is 5.11 Å². The Hall–Kier alpha value is -3.78. The van der Waals surface area contributed by atoms with Crippen LogP contribution in [0.4, 0.5) is 15.8 Å². The smallest absolute Gasteiger partial charge is 0.260 e. The number of carbonyl (C=O) groups is 2. The molecule has 1 heterocycles. The van der Waals surface area contributed by atoms with E-state index in [1.54, 1.807) is 6.07 Å². The van der Waals surface area contributed by atoms with E-state index in [1.165, 1.54) is 18.2 Å². The third-order valence-corrected chi connectivity index (χ3v) is 5.63. The first-order valence-electron chi connectivity index (χ1n) is 10.6. The zero-order valence-electron chi connectivity index (χ0n) is 17.8. The molecule has 168 valence electrons. The van der Waals surface area contributed by atoms with Crippen LogP contribution >= 0.6 is 12.2 Å².